The van der Waals surface area contributed by atoms with E-state index in [4.69, 9.17) is 9.52 Å². The average molecular weight is 225 g/mol. The molecule has 0 spiro atoms. The van der Waals surface area contributed by atoms with Gasteiger partial charge in [0.25, 0.3) is 5.91 Å². The zero-order valence-corrected chi connectivity index (χ0v) is 9.34. The Hall–Kier alpha value is -1.78. The van der Waals surface area contributed by atoms with Crippen LogP contribution in [-0.2, 0) is 4.79 Å². The second-order valence-electron chi connectivity index (χ2n) is 3.75. The fraction of sp³-hybridized carbons (Fsp3) is 0.455. The van der Waals surface area contributed by atoms with Crippen molar-refractivity contribution in [3.8, 4) is 0 Å². The second kappa shape index (κ2) is 5.34. The van der Waals surface area contributed by atoms with Gasteiger partial charge < -0.3 is 14.4 Å². The highest BCUT2D eigenvalue weighted by Crippen LogP contribution is 2.09. The van der Waals surface area contributed by atoms with Gasteiger partial charge in [-0.3, -0.25) is 9.59 Å². The first-order valence-electron chi connectivity index (χ1n) is 5.07. The predicted octanol–water partition coefficient (Wildman–Crippen LogP) is 1.60. The molecule has 88 valence electrons. The summed E-state index contributed by atoms with van der Waals surface area (Å²) in [6.45, 7) is 3.90. The van der Waals surface area contributed by atoms with Crippen molar-refractivity contribution >= 4 is 11.9 Å². The number of furan rings is 1. The van der Waals surface area contributed by atoms with Gasteiger partial charge >= 0.3 is 5.97 Å². The molecule has 5 heteroatoms. The maximum atomic E-state index is 11.9. The molecule has 0 saturated carbocycles. The molecular weight excluding hydrogens is 210 g/mol. The third-order valence-corrected chi connectivity index (χ3v) is 2.22. The van der Waals surface area contributed by atoms with E-state index in [0.717, 1.165) is 0 Å². The number of hydrogen-bond acceptors (Lipinski definition) is 3. The molecule has 0 aliphatic rings. The van der Waals surface area contributed by atoms with Crippen molar-refractivity contribution in [2.24, 2.45) is 0 Å². The van der Waals surface area contributed by atoms with Gasteiger partial charge in [0.2, 0.25) is 0 Å². The van der Waals surface area contributed by atoms with E-state index in [1.807, 2.05) is 13.8 Å². The van der Waals surface area contributed by atoms with Gasteiger partial charge in [0.1, 0.15) is 6.26 Å². The van der Waals surface area contributed by atoms with Crippen LogP contribution in [-0.4, -0.2) is 34.5 Å². The van der Waals surface area contributed by atoms with E-state index in [0.29, 0.717) is 5.56 Å². The van der Waals surface area contributed by atoms with Crippen molar-refractivity contribution in [3.63, 3.8) is 0 Å². The summed E-state index contributed by atoms with van der Waals surface area (Å²) < 4.78 is 4.83. The van der Waals surface area contributed by atoms with Crippen LogP contribution in [0.1, 0.15) is 30.6 Å². The molecule has 0 atom stereocenters. The number of carboxylic acid groups (broad SMARTS) is 1. The van der Waals surface area contributed by atoms with E-state index in [1.165, 1.54) is 17.4 Å². The number of carbonyl (C=O) groups is 2. The predicted molar refractivity (Wildman–Crippen MR) is 57.1 cm³/mol. The minimum absolute atomic E-state index is 0.0400. The van der Waals surface area contributed by atoms with Gasteiger partial charge in [-0.2, -0.15) is 0 Å². The quantitative estimate of drug-likeness (QED) is 0.826. The number of hydrogen-bond donors (Lipinski definition) is 1. The van der Waals surface area contributed by atoms with Crippen LogP contribution in [0.3, 0.4) is 0 Å². The number of rotatable bonds is 5. The summed E-state index contributed by atoms with van der Waals surface area (Å²) in [5, 5.41) is 8.60. The van der Waals surface area contributed by atoms with Crippen molar-refractivity contribution in [2.75, 3.05) is 6.54 Å². The minimum Gasteiger partial charge on any atom is -0.481 e. The van der Waals surface area contributed by atoms with E-state index >= 15 is 0 Å². The molecule has 5 nitrogen and oxygen atoms in total. The highest BCUT2D eigenvalue weighted by atomic mass is 16.4. The van der Waals surface area contributed by atoms with Crippen LogP contribution in [0, 0.1) is 0 Å². The van der Waals surface area contributed by atoms with Crippen LogP contribution in [0.5, 0.6) is 0 Å². The van der Waals surface area contributed by atoms with E-state index in [9.17, 15) is 9.59 Å². The molecule has 1 heterocycles. The van der Waals surface area contributed by atoms with Crippen LogP contribution in [0.15, 0.2) is 23.0 Å². The molecule has 1 aromatic heterocycles. The van der Waals surface area contributed by atoms with Crippen LogP contribution < -0.4 is 0 Å². The monoisotopic (exact) mass is 225 g/mol. The number of aliphatic carboxylic acids is 1. The molecule has 1 rings (SSSR count). The molecule has 16 heavy (non-hydrogen) atoms. The zero-order valence-electron chi connectivity index (χ0n) is 9.34. The number of carbonyl (C=O) groups excluding carboxylic acids is 1. The van der Waals surface area contributed by atoms with Gasteiger partial charge in [-0.25, -0.2) is 0 Å². The summed E-state index contributed by atoms with van der Waals surface area (Å²) >= 11 is 0. The average Bonchev–Trinajstić information content (AvgIpc) is 2.69. The lowest BCUT2D eigenvalue weighted by atomic mass is 10.2. The third kappa shape index (κ3) is 3.12. The molecule has 0 aromatic carbocycles. The molecular formula is C11H15NO4. The van der Waals surface area contributed by atoms with Gasteiger partial charge in [0, 0.05) is 12.6 Å². The Balaban J connectivity index is 2.70. The highest BCUT2D eigenvalue weighted by molar-refractivity contribution is 5.94. The van der Waals surface area contributed by atoms with E-state index < -0.39 is 5.97 Å². The normalized spacial score (nSPS) is 10.4. The van der Waals surface area contributed by atoms with E-state index in [-0.39, 0.29) is 24.9 Å². The van der Waals surface area contributed by atoms with Gasteiger partial charge in [-0.15, -0.1) is 0 Å². The van der Waals surface area contributed by atoms with Gasteiger partial charge in [-0.1, -0.05) is 0 Å². The maximum Gasteiger partial charge on any atom is 0.305 e. The lowest BCUT2D eigenvalue weighted by molar-refractivity contribution is -0.137. The van der Waals surface area contributed by atoms with Crippen molar-refractivity contribution in [1.29, 1.82) is 0 Å². The molecule has 0 unspecified atom stereocenters. The summed E-state index contributed by atoms with van der Waals surface area (Å²) in [4.78, 5) is 23.9. The Bertz CT molecular complexity index is 356. The highest BCUT2D eigenvalue weighted by Gasteiger charge is 2.20. The molecule has 0 aliphatic heterocycles. The van der Waals surface area contributed by atoms with Gasteiger partial charge in [0.05, 0.1) is 18.2 Å². The van der Waals surface area contributed by atoms with Crippen LogP contribution in [0.25, 0.3) is 0 Å². The van der Waals surface area contributed by atoms with Crippen molar-refractivity contribution in [3.05, 3.63) is 24.2 Å². The minimum atomic E-state index is -0.911. The molecule has 0 aliphatic carbocycles. The first-order chi connectivity index (χ1) is 7.52. The number of nitrogens with zero attached hydrogens (tertiary/aromatic N) is 1. The summed E-state index contributed by atoms with van der Waals surface area (Å²) in [6.07, 6.45) is 2.73. The third-order valence-electron chi connectivity index (χ3n) is 2.22. The van der Waals surface area contributed by atoms with Crippen LogP contribution in [0.4, 0.5) is 0 Å². The Morgan fingerprint density at radius 1 is 1.50 bits per heavy atom. The summed E-state index contributed by atoms with van der Waals surface area (Å²) in [5.41, 5.74) is 0.444. The lowest BCUT2D eigenvalue weighted by Crippen LogP contribution is -2.38. The fourth-order valence-corrected chi connectivity index (χ4v) is 1.36. The smallest absolute Gasteiger partial charge is 0.305 e. The van der Waals surface area contributed by atoms with Crippen molar-refractivity contribution in [1.82, 2.24) is 4.90 Å². The molecule has 0 saturated heterocycles. The molecule has 0 bridgehead atoms. The largest absolute Gasteiger partial charge is 0.481 e. The molecule has 1 N–H and O–H groups in total. The van der Waals surface area contributed by atoms with Gasteiger partial charge in [0.15, 0.2) is 0 Å². The Labute approximate surface area is 93.7 Å². The standard InChI is InChI=1S/C11H15NO4/c1-8(2)12(5-3-10(13)14)11(15)9-4-6-16-7-9/h4,6-8H,3,5H2,1-2H3,(H,13,14). The van der Waals surface area contributed by atoms with Crippen LogP contribution in [0.2, 0.25) is 0 Å². The molecule has 1 amide bonds. The summed E-state index contributed by atoms with van der Waals surface area (Å²) in [6, 6.07) is 1.53. The number of carboxylic acids is 1. The Morgan fingerprint density at radius 3 is 2.62 bits per heavy atom. The number of amides is 1. The SMILES string of the molecule is CC(C)N(CCC(=O)O)C(=O)c1ccoc1. The topological polar surface area (TPSA) is 70.8 Å². The summed E-state index contributed by atoms with van der Waals surface area (Å²) in [7, 11) is 0. The second-order valence-corrected chi connectivity index (χ2v) is 3.75. The maximum absolute atomic E-state index is 11.9. The Kier molecular flexibility index (Phi) is 4.10. The molecule has 0 fully saturated rings. The van der Waals surface area contributed by atoms with E-state index in [2.05, 4.69) is 0 Å². The van der Waals surface area contributed by atoms with Crippen LogP contribution >= 0.6 is 0 Å². The van der Waals surface area contributed by atoms with Crippen molar-refractivity contribution < 1.29 is 19.1 Å². The van der Waals surface area contributed by atoms with Crippen molar-refractivity contribution in [2.45, 2.75) is 26.3 Å². The Morgan fingerprint density at radius 2 is 2.19 bits per heavy atom. The zero-order chi connectivity index (χ0) is 12.1. The van der Waals surface area contributed by atoms with Gasteiger partial charge in [-0.05, 0) is 19.9 Å². The van der Waals surface area contributed by atoms with E-state index in [1.54, 1.807) is 6.07 Å². The molecule has 0 radical (unpaired) electrons. The summed E-state index contributed by atoms with van der Waals surface area (Å²) in [5.74, 6) is -1.12. The fourth-order valence-electron chi connectivity index (χ4n) is 1.36. The lowest BCUT2D eigenvalue weighted by Gasteiger charge is -2.25. The first kappa shape index (κ1) is 12.3. The first-order valence-corrected chi connectivity index (χ1v) is 5.07. The molecule has 1 aromatic rings.